The van der Waals surface area contributed by atoms with Crippen LogP contribution >= 0.6 is 0 Å². The van der Waals surface area contributed by atoms with Crippen LogP contribution in [-0.4, -0.2) is 25.8 Å². The lowest BCUT2D eigenvalue weighted by atomic mass is 10.2. The number of fused-ring (bicyclic) bond motifs is 1. The Morgan fingerprint density at radius 3 is 2.55 bits per heavy atom. The molecule has 2 N–H and O–H groups in total. The summed E-state index contributed by atoms with van der Waals surface area (Å²) in [7, 11) is 0. The van der Waals surface area contributed by atoms with Crippen LogP contribution in [0.3, 0.4) is 0 Å². The molecule has 1 amide bonds. The van der Waals surface area contributed by atoms with Crippen molar-refractivity contribution in [2.75, 3.05) is 5.32 Å². The monoisotopic (exact) mass is 414 g/mol. The molecule has 8 heteroatoms. The van der Waals surface area contributed by atoms with Crippen molar-refractivity contribution in [3.8, 4) is 11.4 Å². The summed E-state index contributed by atoms with van der Waals surface area (Å²) in [6.45, 7) is 0. The molecule has 1 aromatic heterocycles. The molecule has 4 rings (SSSR count). The summed E-state index contributed by atoms with van der Waals surface area (Å²) in [6, 6.07) is 20.6. The molecule has 0 aliphatic carbocycles. The number of anilines is 1. The van der Waals surface area contributed by atoms with Crippen molar-refractivity contribution in [2.24, 2.45) is 0 Å². The maximum Gasteiger partial charge on any atom is 0.271 e. The minimum absolute atomic E-state index is 0.131. The number of non-ortho nitro benzene ring substituents is 1. The lowest BCUT2D eigenvalue weighted by molar-refractivity contribution is -0.384. The van der Waals surface area contributed by atoms with Crippen molar-refractivity contribution in [3.05, 3.63) is 94.6 Å². The van der Waals surface area contributed by atoms with Crippen molar-refractivity contribution in [1.82, 2.24) is 9.71 Å². The smallest absolute Gasteiger partial charge is 0.271 e. The maximum atomic E-state index is 12.1. The number of rotatable bonds is 6. The molecule has 31 heavy (non-hydrogen) atoms. The molecule has 8 nitrogen and oxygen atoms in total. The minimum Gasteiger partial charge on any atom is -0.426 e. The maximum absolute atomic E-state index is 12.1. The Morgan fingerprint density at radius 2 is 1.84 bits per heavy atom. The van der Waals surface area contributed by atoms with E-state index in [9.17, 15) is 20.1 Å². The number of nitrogens with zero attached hydrogens (tertiary/aromatic N) is 3. The van der Waals surface area contributed by atoms with Gasteiger partial charge in [-0.25, -0.2) is 4.98 Å². The van der Waals surface area contributed by atoms with E-state index >= 15 is 0 Å². The standard InChI is InChI=1S/C23H18N4O4/c28-22(8-4-7-16-5-2-1-3-6-16)24-18-11-9-17(10-12-18)23-25-20-14-13-19(27(30)31)15-21(20)26(23)29/h1-7,9-15,29H,8H2,(H,24,28)/b7-4-. The first-order valence-electron chi connectivity index (χ1n) is 9.49. The summed E-state index contributed by atoms with van der Waals surface area (Å²) in [5.74, 6) is 0.0980. The third kappa shape index (κ3) is 4.43. The highest BCUT2D eigenvalue weighted by atomic mass is 16.6. The fourth-order valence-corrected chi connectivity index (χ4v) is 3.13. The third-order valence-electron chi connectivity index (χ3n) is 4.66. The van der Waals surface area contributed by atoms with Crippen LogP contribution in [0.2, 0.25) is 0 Å². The van der Waals surface area contributed by atoms with Crippen LogP contribution < -0.4 is 5.32 Å². The van der Waals surface area contributed by atoms with E-state index in [0.29, 0.717) is 16.8 Å². The molecule has 0 radical (unpaired) electrons. The first-order chi connectivity index (χ1) is 15.0. The summed E-state index contributed by atoms with van der Waals surface area (Å²) in [5.41, 5.74) is 2.78. The van der Waals surface area contributed by atoms with Crippen LogP contribution in [0.5, 0.6) is 0 Å². The second kappa shape index (κ2) is 8.50. The molecule has 0 spiro atoms. The van der Waals surface area contributed by atoms with Crippen LogP contribution in [0.1, 0.15) is 12.0 Å². The number of hydrogen-bond acceptors (Lipinski definition) is 5. The average Bonchev–Trinajstić information content (AvgIpc) is 3.11. The van der Waals surface area contributed by atoms with Crippen molar-refractivity contribution in [2.45, 2.75) is 6.42 Å². The molecule has 154 valence electrons. The van der Waals surface area contributed by atoms with Gasteiger partial charge in [0.25, 0.3) is 5.69 Å². The van der Waals surface area contributed by atoms with Gasteiger partial charge in [0.1, 0.15) is 5.52 Å². The summed E-state index contributed by atoms with van der Waals surface area (Å²) in [5, 5.41) is 24.2. The highest BCUT2D eigenvalue weighted by Crippen LogP contribution is 2.27. The van der Waals surface area contributed by atoms with Crippen molar-refractivity contribution in [3.63, 3.8) is 0 Å². The summed E-state index contributed by atoms with van der Waals surface area (Å²) < 4.78 is 0.824. The zero-order valence-electron chi connectivity index (χ0n) is 16.3. The molecular weight excluding hydrogens is 396 g/mol. The van der Waals surface area contributed by atoms with Gasteiger partial charge in [0, 0.05) is 29.8 Å². The molecule has 0 aliphatic rings. The number of amides is 1. The SMILES string of the molecule is O=C(C/C=C\c1ccccc1)Nc1ccc(-c2nc3ccc([N+](=O)[O-])cc3n2O)cc1. The number of nitro benzene ring substituents is 1. The molecule has 0 saturated heterocycles. The molecule has 0 atom stereocenters. The van der Waals surface area contributed by atoms with Crippen LogP contribution in [0, 0.1) is 10.1 Å². The minimum atomic E-state index is -0.529. The second-order valence-electron chi connectivity index (χ2n) is 6.82. The van der Waals surface area contributed by atoms with E-state index in [1.54, 1.807) is 30.3 Å². The zero-order valence-corrected chi connectivity index (χ0v) is 16.3. The van der Waals surface area contributed by atoms with Gasteiger partial charge in [-0.05, 0) is 35.9 Å². The number of hydrogen-bond donors (Lipinski definition) is 2. The van der Waals surface area contributed by atoms with Crippen molar-refractivity contribution in [1.29, 1.82) is 0 Å². The number of aromatic nitrogens is 2. The number of nitrogens with one attached hydrogen (secondary N) is 1. The van der Waals surface area contributed by atoms with Gasteiger partial charge in [-0.2, -0.15) is 4.73 Å². The zero-order chi connectivity index (χ0) is 21.8. The van der Waals surface area contributed by atoms with Crippen LogP contribution in [-0.2, 0) is 4.79 Å². The molecule has 0 fully saturated rings. The topological polar surface area (TPSA) is 110 Å². The highest BCUT2D eigenvalue weighted by Gasteiger charge is 2.15. The van der Waals surface area contributed by atoms with E-state index in [1.165, 1.54) is 18.2 Å². The Morgan fingerprint density at radius 1 is 1.10 bits per heavy atom. The Hall–Kier alpha value is -4.46. The van der Waals surface area contributed by atoms with Gasteiger partial charge >= 0.3 is 0 Å². The number of carbonyl (C=O) groups is 1. The quantitative estimate of drug-likeness (QED) is 0.265. The Bertz CT molecular complexity index is 1280. The summed E-state index contributed by atoms with van der Waals surface area (Å²) >= 11 is 0. The van der Waals surface area contributed by atoms with E-state index in [1.807, 2.05) is 36.4 Å². The van der Waals surface area contributed by atoms with Crippen molar-refractivity contribution >= 4 is 34.4 Å². The number of benzene rings is 3. The molecular formula is C23H18N4O4. The fraction of sp³-hybridized carbons (Fsp3) is 0.0435. The van der Waals surface area contributed by atoms with Gasteiger partial charge in [0.2, 0.25) is 5.91 Å². The summed E-state index contributed by atoms with van der Waals surface area (Å²) in [4.78, 5) is 26.9. The molecule has 1 heterocycles. The van der Waals surface area contributed by atoms with Crippen LogP contribution in [0.4, 0.5) is 11.4 Å². The van der Waals surface area contributed by atoms with Gasteiger partial charge in [0.15, 0.2) is 5.82 Å². The van der Waals surface area contributed by atoms with Crippen LogP contribution in [0.15, 0.2) is 78.9 Å². The Kier molecular flexibility index (Phi) is 5.44. The first-order valence-corrected chi connectivity index (χ1v) is 9.49. The highest BCUT2D eigenvalue weighted by molar-refractivity contribution is 5.92. The first kappa shape index (κ1) is 19.8. The largest absolute Gasteiger partial charge is 0.426 e. The third-order valence-corrected chi connectivity index (χ3v) is 4.66. The number of nitro groups is 1. The Balaban J connectivity index is 1.45. The normalized spacial score (nSPS) is 11.1. The van der Waals surface area contributed by atoms with Gasteiger partial charge in [0.05, 0.1) is 10.4 Å². The van der Waals surface area contributed by atoms with E-state index in [-0.39, 0.29) is 29.4 Å². The number of carbonyl (C=O) groups excluding carboxylic acids is 1. The van der Waals surface area contributed by atoms with E-state index in [0.717, 1.165) is 10.3 Å². The predicted molar refractivity (Wildman–Crippen MR) is 118 cm³/mol. The van der Waals surface area contributed by atoms with E-state index in [4.69, 9.17) is 0 Å². The van der Waals surface area contributed by atoms with E-state index < -0.39 is 4.92 Å². The lowest BCUT2D eigenvalue weighted by Gasteiger charge is -2.05. The molecule has 0 bridgehead atoms. The molecule has 0 saturated carbocycles. The molecule has 0 aliphatic heterocycles. The lowest BCUT2D eigenvalue weighted by Crippen LogP contribution is -2.09. The molecule has 3 aromatic carbocycles. The molecule has 0 unspecified atom stereocenters. The van der Waals surface area contributed by atoms with Crippen molar-refractivity contribution < 1.29 is 14.9 Å². The van der Waals surface area contributed by atoms with Crippen LogP contribution in [0.25, 0.3) is 28.5 Å². The van der Waals surface area contributed by atoms with Gasteiger partial charge in [-0.3, -0.25) is 14.9 Å². The Labute approximate surface area is 177 Å². The average molecular weight is 414 g/mol. The number of imidazole rings is 1. The fourth-order valence-electron chi connectivity index (χ4n) is 3.13. The second-order valence-corrected chi connectivity index (χ2v) is 6.82. The van der Waals surface area contributed by atoms with Gasteiger partial charge in [-0.15, -0.1) is 0 Å². The predicted octanol–water partition coefficient (Wildman–Crippen LogP) is 4.89. The van der Waals surface area contributed by atoms with Gasteiger partial charge in [-0.1, -0.05) is 42.5 Å². The summed E-state index contributed by atoms with van der Waals surface area (Å²) in [6.07, 6.45) is 3.92. The molecule has 4 aromatic rings. The van der Waals surface area contributed by atoms with Gasteiger partial charge < -0.3 is 10.5 Å². The van der Waals surface area contributed by atoms with E-state index in [2.05, 4.69) is 10.3 Å².